The molecule has 1 fully saturated rings. The number of nitrogens with two attached hydrogens (primary N) is 1. The molecule has 4 heteroatoms. The molecule has 78 valence electrons. The predicted octanol–water partition coefficient (Wildman–Crippen LogP) is 0.987. The number of ether oxygens (including phenoxy) is 1. The van der Waals surface area contributed by atoms with Gasteiger partial charge in [0.05, 0.1) is 23.9 Å². The van der Waals surface area contributed by atoms with Crippen molar-refractivity contribution in [3.63, 3.8) is 0 Å². The van der Waals surface area contributed by atoms with Crippen molar-refractivity contribution in [2.24, 2.45) is 12.8 Å². The van der Waals surface area contributed by atoms with Gasteiger partial charge in [-0.3, -0.25) is 4.68 Å². The summed E-state index contributed by atoms with van der Waals surface area (Å²) in [4.78, 5) is 0. The van der Waals surface area contributed by atoms with Crippen molar-refractivity contribution in [1.29, 1.82) is 0 Å². The second kappa shape index (κ2) is 3.71. The fourth-order valence-electron chi connectivity index (χ4n) is 1.90. The molecule has 0 amide bonds. The topological polar surface area (TPSA) is 53.1 Å². The van der Waals surface area contributed by atoms with Gasteiger partial charge in [-0.1, -0.05) is 0 Å². The average molecular weight is 195 g/mol. The molecule has 0 spiro atoms. The Balaban J connectivity index is 2.05. The molecule has 0 saturated carbocycles. The van der Waals surface area contributed by atoms with Crippen molar-refractivity contribution in [1.82, 2.24) is 9.78 Å². The third-order valence-electron chi connectivity index (χ3n) is 2.74. The van der Waals surface area contributed by atoms with Crippen LogP contribution in [0.4, 0.5) is 0 Å². The molecular formula is C10H17N3O. The molecule has 1 saturated heterocycles. The zero-order valence-electron chi connectivity index (χ0n) is 8.68. The Labute approximate surface area is 84.0 Å². The molecule has 2 N–H and O–H groups in total. The van der Waals surface area contributed by atoms with Crippen molar-refractivity contribution >= 4 is 0 Å². The Morgan fingerprint density at radius 3 is 2.93 bits per heavy atom. The van der Waals surface area contributed by atoms with Crippen LogP contribution in [0.5, 0.6) is 0 Å². The molecule has 0 bridgehead atoms. The van der Waals surface area contributed by atoms with Gasteiger partial charge in [0.15, 0.2) is 0 Å². The van der Waals surface area contributed by atoms with Crippen LogP contribution >= 0.6 is 0 Å². The van der Waals surface area contributed by atoms with Crippen LogP contribution in [0.1, 0.15) is 31.5 Å². The molecule has 0 aromatic carbocycles. The predicted molar refractivity (Wildman–Crippen MR) is 53.7 cm³/mol. The SMILES string of the molecule is CC1CCC(C(N)c2ccn(C)n2)O1. The molecule has 1 aromatic heterocycles. The molecule has 0 radical (unpaired) electrons. The second-order valence-electron chi connectivity index (χ2n) is 4.00. The maximum atomic E-state index is 6.08. The van der Waals surface area contributed by atoms with Crippen LogP contribution in [0.15, 0.2) is 12.3 Å². The molecule has 2 rings (SSSR count). The third kappa shape index (κ3) is 1.81. The molecule has 4 nitrogen and oxygen atoms in total. The number of hydrogen-bond donors (Lipinski definition) is 1. The molecule has 3 unspecified atom stereocenters. The highest BCUT2D eigenvalue weighted by Gasteiger charge is 2.29. The Hall–Kier alpha value is -0.870. The lowest BCUT2D eigenvalue weighted by atomic mass is 10.1. The summed E-state index contributed by atoms with van der Waals surface area (Å²) in [5.41, 5.74) is 7.00. The monoisotopic (exact) mass is 195 g/mol. The van der Waals surface area contributed by atoms with E-state index >= 15 is 0 Å². The molecule has 1 aliphatic rings. The maximum absolute atomic E-state index is 6.08. The van der Waals surface area contributed by atoms with Gasteiger partial charge in [0, 0.05) is 13.2 Å². The summed E-state index contributed by atoms with van der Waals surface area (Å²) in [6.07, 6.45) is 4.53. The summed E-state index contributed by atoms with van der Waals surface area (Å²) in [6, 6.07) is 1.87. The summed E-state index contributed by atoms with van der Waals surface area (Å²) in [6.45, 7) is 2.09. The first-order valence-corrected chi connectivity index (χ1v) is 5.07. The minimum atomic E-state index is -0.0823. The fourth-order valence-corrected chi connectivity index (χ4v) is 1.90. The van der Waals surface area contributed by atoms with Crippen molar-refractivity contribution in [3.05, 3.63) is 18.0 Å². The van der Waals surface area contributed by atoms with E-state index in [1.807, 2.05) is 19.3 Å². The van der Waals surface area contributed by atoms with E-state index in [0.717, 1.165) is 18.5 Å². The van der Waals surface area contributed by atoms with Crippen LogP contribution in [0, 0.1) is 0 Å². The molecule has 2 heterocycles. The van der Waals surface area contributed by atoms with Crippen molar-refractivity contribution < 1.29 is 4.74 Å². The van der Waals surface area contributed by atoms with Crippen LogP contribution in [0.2, 0.25) is 0 Å². The fraction of sp³-hybridized carbons (Fsp3) is 0.700. The van der Waals surface area contributed by atoms with Crippen LogP contribution in [-0.2, 0) is 11.8 Å². The Kier molecular flexibility index (Phi) is 2.56. The first-order valence-electron chi connectivity index (χ1n) is 5.07. The number of rotatable bonds is 2. The van der Waals surface area contributed by atoms with Crippen molar-refractivity contribution in [3.8, 4) is 0 Å². The number of hydrogen-bond acceptors (Lipinski definition) is 3. The van der Waals surface area contributed by atoms with E-state index in [0.29, 0.717) is 6.10 Å². The lowest BCUT2D eigenvalue weighted by Gasteiger charge is -2.17. The Morgan fingerprint density at radius 2 is 2.43 bits per heavy atom. The van der Waals surface area contributed by atoms with E-state index in [2.05, 4.69) is 12.0 Å². The Morgan fingerprint density at radius 1 is 1.64 bits per heavy atom. The van der Waals surface area contributed by atoms with E-state index in [-0.39, 0.29) is 12.1 Å². The van der Waals surface area contributed by atoms with Crippen molar-refractivity contribution in [2.45, 2.75) is 38.0 Å². The normalized spacial score (nSPS) is 29.4. The summed E-state index contributed by atoms with van der Waals surface area (Å²) in [5.74, 6) is 0. The third-order valence-corrected chi connectivity index (χ3v) is 2.74. The molecule has 1 aliphatic heterocycles. The van der Waals surface area contributed by atoms with Crippen LogP contribution in [0.25, 0.3) is 0 Å². The minimum Gasteiger partial charge on any atom is -0.373 e. The largest absolute Gasteiger partial charge is 0.373 e. The number of aryl methyl sites for hydroxylation is 1. The first-order chi connectivity index (χ1) is 6.66. The van der Waals surface area contributed by atoms with Gasteiger partial charge in [-0.2, -0.15) is 5.10 Å². The lowest BCUT2D eigenvalue weighted by Crippen LogP contribution is -2.26. The van der Waals surface area contributed by atoms with E-state index in [1.165, 1.54) is 0 Å². The minimum absolute atomic E-state index is 0.0823. The highest BCUT2D eigenvalue weighted by Crippen LogP contribution is 2.27. The van der Waals surface area contributed by atoms with Gasteiger partial charge in [-0.05, 0) is 25.8 Å². The van der Waals surface area contributed by atoms with E-state index < -0.39 is 0 Å². The highest BCUT2D eigenvalue weighted by atomic mass is 16.5. The lowest BCUT2D eigenvalue weighted by molar-refractivity contribution is 0.0392. The van der Waals surface area contributed by atoms with E-state index in [1.54, 1.807) is 4.68 Å². The summed E-state index contributed by atoms with van der Waals surface area (Å²) < 4.78 is 7.48. The molecule has 0 aliphatic carbocycles. The second-order valence-corrected chi connectivity index (χ2v) is 4.00. The average Bonchev–Trinajstić information content (AvgIpc) is 2.73. The smallest absolute Gasteiger partial charge is 0.0818 e. The zero-order valence-corrected chi connectivity index (χ0v) is 8.68. The molecular weight excluding hydrogens is 178 g/mol. The van der Waals surface area contributed by atoms with Crippen LogP contribution < -0.4 is 5.73 Å². The van der Waals surface area contributed by atoms with Gasteiger partial charge in [0.1, 0.15) is 0 Å². The Bertz CT molecular complexity index is 310. The zero-order chi connectivity index (χ0) is 10.1. The van der Waals surface area contributed by atoms with Gasteiger partial charge in [-0.15, -0.1) is 0 Å². The first kappa shape index (κ1) is 9.68. The molecule has 3 atom stereocenters. The number of nitrogens with zero attached hydrogens (tertiary/aromatic N) is 2. The standard InChI is InChI=1S/C10H17N3O/c1-7-3-4-9(14-7)10(11)8-5-6-13(2)12-8/h5-7,9-10H,3-4,11H2,1-2H3. The van der Waals surface area contributed by atoms with Gasteiger partial charge >= 0.3 is 0 Å². The highest BCUT2D eigenvalue weighted by molar-refractivity contribution is 5.07. The quantitative estimate of drug-likeness (QED) is 0.765. The summed E-state index contributed by atoms with van der Waals surface area (Å²) in [7, 11) is 1.90. The van der Waals surface area contributed by atoms with Crippen molar-refractivity contribution in [2.75, 3.05) is 0 Å². The summed E-state index contributed by atoms with van der Waals surface area (Å²) >= 11 is 0. The van der Waals surface area contributed by atoms with Gasteiger partial charge in [0.2, 0.25) is 0 Å². The maximum Gasteiger partial charge on any atom is 0.0818 e. The van der Waals surface area contributed by atoms with Gasteiger partial charge in [-0.25, -0.2) is 0 Å². The molecule has 1 aromatic rings. The van der Waals surface area contributed by atoms with Crippen LogP contribution in [-0.4, -0.2) is 22.0 Å². The van der Waals surface area contributed by atoms with E-state index in [4.69, 9.17) is 10.5 Å². The summed E-state index contributed by atoms with van der Waals surface area (Å²) in [5, 5.41) is 4.29. The van der Waals surface area contributed by atoms with Crippen LogP contribution in [0.3, 0.4) is 0 Å². The van der Waals surface area contributed by atoms with Gasteiger partial charge < -0.3 is 10.5 Å². The van der Waals surface area contributed by atoms with E-state index in [9.17, 15) is 0 Å². The molecule has 14 heavy (non-hydrogen) atoms. The number of aromatic nitrogens is 2. The van der Waals surface area contributed by atoms with Gasteiger partial charge in [0.25, 0.3) is 0 Å².